The molecule has 2 heterocycles. The van der Waals surface area contributed by atoms with E-state index in [0.29, 0.717) is 5.56 Å². The Bertz CT molecular complexity index is 586. The molecule has 19 heavy (non-hydrogen) atoms. The molecule has 1 unspecified atom stereocenters. The van der Waals surface area contributed by atoms with Crippen LogP contribution in [0.4, 0.5) is 14.6 Å². The Morgan fingerprint density at radius 3 is 2.74 bits per heavy atom. The Morgan fingerprint density at radius 2 is 2.05 bits per heavy atom. The second-order valence-electron chi connectivity index (χ2n) is 4.75. The molecule has 2 aromatic rings. The normalized spacial score (nSPS) is 17.9. The molecule has 1 aliphatic rings. The second-order valence-corrected chi connectivity index (χ2v) is 4.75. The van der Waals surface area contributed by atoms with Crippen LogP contribution in [0.15, 0.2) is 24.4 Å². The topological polar surface area (TPSA) is 29.9 Å². The molecule has 3 nitrogen and oxygen atoms in total. The summed E-state index contributed by atoms with van der Waals surface area (Å²) >= 11 is 0. The SMILES string of the molecule is CCc1cnn2c1NCCC2c1cc(F)cc(F)c1. The van der Waals surface area contributed by atoms with Gasteiger partial charge in [0.25, 0.3) is 0 Å². The smallest absolute Gasteiger partial charge is 0.128 e. The van der Waals surface area contributed by atoms with Crippen LogP contribution in [0.3, 0.4) is 0 Å². The van der Waals surface area contributed by atoms with Crippen LogP contribution < -0.4 is 5.32 Å². The van der Waals surface area contributed by atoms with Gasteiger partial charge in [-0.2, -0.15) is 5.10 Å². The second kappa shape index (κ2) is 4.64. The summed E-state index contributed by atoms with van der Waals surface area (Å²) in [7, 11) is 0. The van der Waals surface area contributed by atoms with Crippen molar-refractivity contribution >= 4 is 5.82 Å². The Hall–Kier alpha value is -1.91. The van der Waals surface area contributed by atoms with E-state index in [9.17, 15) is 8.78 Å². The molecule has 0 fully saturated rings. The van der Waals surface area contributed by atoms with Crippen molar-refractivity contribution in [1.82, 2.24) is 9.78 Å². The number of nitrogens with zero attached hydrogens (tertiary/aromatic N) is 2. The molecule has 0 aliphatic carbocycles. The molecule has 1 N–H and O–H groups in total. The summed E-state index contributed by atoms with van der Waals surface area (Å²) in [5, 5.41) is 7.66. The van der Waals surface area contributed by atoms with Crippen molar-refractivity contribution in [2.24, 2.45) is 0 Å². The summed E-state index contributed by atoms with van der Waals surface area (Å²) in [6, 6.07) is 3.56. The Labute approximate surface area is 110 Å². The molecule has 0 bridgehead atoms. The lowest BCUT2D eigenvalue weighted by Gasteiger charge is -2.26. The van der Waals surface area contributed by atoms with Gasteiger partial charge in [0.05, 0.1) is 12.2 Å². The van der Waals surface area contributed by atoms with Crippen LogP contribution in [0.25, 0.3) is 0 Å². The molecule has 0 saturated heterocycles. The predicted molar refractivity (Wildman–Crippen MR) is 69.2 cm³/mol. The molecule has 3 rings (SSSR count). The van der Waals surface area contributed by atoms with E-state index in [1.807, 2.05) is 10.9 Å². The summed E-state index contributed by atoms with van der Waals surface area (Å²) in [5.74, 6) is -0.126. The molecule has 1 aromatic carbocycles. The van der Waals surface area contributed by atoms with E-state index < -0.39 is 11.6 Å². The van der Waals surface area contributed by atoms with Crippen LogP contribution in [-0.4, -0.2) is 16.3 Å². The number of aryl methyl sites for hydroxylation is 1. The van der Waals surface area contributed by atoms with Crippen LogP contribution in [0.2, 0.25) is 0 Å². The fraction of sp³-hybridized carbons (Fsp3) is 0.357. The van der Waals surface area contributed by atoms with Crippen molar-refractivity contribution in [2.75, 3.05) is 11.9 Å². The first-order valence-electron chi connectivity index (χ1n) is 6.45. The lowest BCUT2D eigenvalue weighted by atomic mass is 10.0. The molecular formula is C14H15F2N3. The number of anilines is 1. The molecule has 0 amide bonds. The summed E-state index contributed by atoms with van der Waals surface area (Å²) < 4.78 is 28.5. The van der Waals surface area contributed by atoms with E-state index in [4.69, 9.17) is 0 Å². The highest BCUT2D eigenvalue weighted by atomic mass is 19.1. The van der Waals surface area contributed by atoms with Gasteiger partial charge in [0, 0.05) is 18.2 Å². The zero-order chi connectivity index (χ0) is 13.4. The largest absolute Gasteiger partial charge is 0.370 e. The van der Waals surface area contributed by atoms with Gasteiger partial charge in [0.1, 0.15) is 17.5 Å². The van der Waals surface area contributed by atoms with Crippen molar-refractivity contribution in [1.29, 1.82) is 0 Å². The summed E-state index contributed by atoms with van der Waals surface area (Å²) in [5.41, 5.74) is 1.76. The molecule has 100 valence electrons. The van der Waals surface area contributed by atoms with Gasteiger partial charge in [-0.1, -0.05) is 6.92 Å². The Kier molecular flexibility index (Phi) is 2.97. The van der Waals surface area contributed by atoms with Gasteiger partial charge in [-0.05, 0) is 30.5 Å². The number of hydrogen-bond acceptors (Lipinski definition) is 2. The minimum Gasteiger partial charge on any atom is -0.370 e. The van der Waals surface area contributed by atoms with Crippen molar-refractivity contribution in [3.8, 4) is 0 Å². The number of hydrogen-bond donors (Lipinski definition) is 1. The minimum atomic E-state index is -0.544. The van der Waals surface area contributed by atoms with E-state index in [-0.39, 0.29) is 6.04 Å². The third kappa shape index (κ3) is 2.09. The van der Waals surface area contributed by atoms with Crippen LogP contribution >= 0.6 is 0 Å². The summed E-state index contributed by atoms with van der Waals surface area (Å²) in [6.07, 6.45) is 3.46. The average Bonchev–Trinajstić information content (AvgIpc) is 2.80. The van der Waals surface area contributed by atoms with Gasteiger partial charge < -0.3 is 5.32 Å². The molecule has 5 heteroatoms. The zero-order valence-corrected chi connectivity index (χ0v) is 10.7. The third-order valence-electron chi connectivity index (χ3n) is 3.53. The number of aromatic nitrogens is 2. The monoisotopic (exact) mass is 263 g/mol. The van der Waals surface area contributed by atoms with Gasteiger partial charge >= 0.3 is 0 Å². The number of halogens is 2. The maximum absolute atomic E-state index is 13.3. The van der Waals surface area contributed by atoms with E-state index in [0.717, 1.165) is 36.8 Å². The molecule has 1 atom stereocenters. The van der Waals surface area contributed by atoms with Crippen LogP contribution in [0, 0.1) is 11.6 Å². The molecule has 0 saturated carbocycles. The number of benzene rings is 1. The summed E-state index contributed by atoms with van der Waals surface area (Å²) in [4.78, 5) is 0. The lowest BCUT2D eigenvalue weighted by Crippen LogP contribution is -2.25. The highest BCUT2D eigenvalue weighted by molar-refractivity contribution is 5.47. The van der Waals surface area contributed by atoms with Crippen molar-refractivity contribution in [3.63, 3.8) is 0 Å². The molecular weight excluding hydrogens is 248 g/mol. The highest BCUT2D eigenvalue weighted by Gasteiger charge is 2.24. The lowest BCUT2D eigenvalue weighted by molar-refractivity contribution is 0.473. The minimum absolute atomic E-state index is 0.109. The van der Waals surface area contributed by atoms with Crippen LogP contribution in [0.5, 0.6) is 0 Å². The fourth-order valence-corrected chi connectivity index (χ4v) is 2.61. The van der Waals surface area contributed by atoms with Crippen molar-refractivity contribution < 1.29 is 8.78 Å². The third-order valence-corrected chi connectivity index (χ3v) is 3.53. The van der Waals surface area contributed by atoms with E-state index >= 15 is 0 Å². The predicted octanol–water partition coefficient (Wildman–Crippen LogP) is 3.13. The Balaban J connectivity index is 2.05. The van der Waals surface area contributed by atoms with Crippen LogP contribution in [-0.2, 0) is 6.42 Å². The van der Waals surface area contributed by atoms with Crippen molar-refractivity contribution in [3.05, 3.63) is 47.2 Å². The van der Waals surface area contributed by atoms with Crippen molar-refractivity contribution in [2.45, 2.75) is 25.8 Å². The summed E-state index contributed by atoms with van der Waals surface area (Å²) in [6.45, 7) is 2.84. The first-order chi connectivity index (χ1) is 9.19. The first-order valence-corrected chi connectivity index (χ1v) is 6.45. The maximum Gasteiger partial charge on any atom is 0.128 e. The first kappa shape index (κ1) is 12.1. The number of fused-ring (bicyclic) bond motifs is 1. The highest BCUT2D eigenvalue weighted by Crippen LogP contribution is 2.32. The van der Waals surface area contributed by atoms with Gasteiger partial charge in [0.15, 0.2) is 0 Å². The van der Waals surface area contributed by atoms with Gasteiger partial charge in [-0.15, -0.1) is 0 Å². The zero-order valence-electron chi connectivity index (χ0n) is 10.7. The van der Waals surface area contributed by atoms with Gasteiger partial charge in [-0.25, -0.2) is 13.5 Å². The maximum atomic E-state index is 13.3. The van der Waals surface area contributed by atoms with E-state index in [1.54, 1.807) is 0 Å². The average molecular weight is 263 g/mol. The number of nitrogens with one attached hydrogen (secondary N) is 1. The molecule has 0 spiro atoms. The number of rotatable bonds is 2. The quantitative estimate of drug-likeness (QED) is 0.902. The van der Waals surface area contributed by atoms with E-state index in [2.05, 4.69) is 17.3 Å². The molecule has 1 aliphatic heterocycles. The van der Waals surface area contributed by atoms with Gasteiger partial charge in [0.2, 0.25) is 0 Å². The molecule has 1 aromatic heterocycles. The van der Waals surface area contributed by atoms with Gasteiger partial charge in [-0.3, -0.25) is 0 Å². The molecule has 0 radical (unpaired) electrons. The standard InChI is InChI=1S/C14H15F2N3/c1-2-9-8-18-19-13(3-4-17-14(9)19)10-5-11(15)7-12(16)6-10/h5-8,13,17H,2-4H2,1H3. The Morgan fingerprint density at radius 1 is 1.32 bits per heavy atom. The van der Waals surface area contributed by atoms with E-state index in [1.165, 1.54) is 12.1 Å². The van der Waals surface area contributed by atoms with Crippen LogP contribution in [0.1, 0.15) is 30.5 Å². The fourth-order valence-electron chi connectivity index (χ4n) is 2.61.